The van der Waals surface area contributed by atoms with Crippen LogP contribution >= 0.6 is 0 Å². The smallest absolute Gasteiger partial charge is 0.224 e. The Morgan fingerprint density at radius 1 is 1.15 bits per heavy atom. The number of pyridine rings is 1. The summed E-state index contributed by atoms with van der Waals surface area (Å²) in [5, 5.41) is 3.08. The number of ether oxygens (including phenoxy) is 2. The molecule has 0 atom stereocenters. The zero-order valence-corrected chi connectivity index (χ0v) is 16.0. The molecular formula is C21H27N3O3. The minimum atomic E-state index is 0.0365. The van der Waals surface area contributed by atoms with Crippen LogP contribution in [-0.4, -0.2) is 44.7 Å². The largest absolute Gasteiger partial charge is 0.493 e. The average Bonchev–Trinajstić information content (AvgIpc) is 2.73. The Morgan fingerprint density at radius 2 is 1.93 bits per heavy atom. The van der Waals surface area contributed by atoms with Crippen LogP contribution in [0.5, 0.6) is 11.5 Å². The Hall–Kier alpha value is -2.76. The topological polar surface area (TPSA) is 63.7 Å². The maximum Gasteiger partial charge on any atom is 0.224 e. The number of rotatable bonds is 7. The van der Waals surface area contributed by atoms with Crippen molar-refractivity contribution in [3.63, 3.8) is 0 Å². The average molecular weight is 369 g/mol. The standard InChI is InChI=1S/C21H27N3O3/c1-26-18-7-6-17(13-19(18)27-2)14-21(25)23-15-16-8-11-24(12-9-16)20-5-3-4-10-22-20/h3-7,10,13,16H,8-9,11-12,14-15H2,1-2H3,(H,23,25). The summed E-state index contributed by atoms with van der Waals surface area (Å²) in [6.45, 7) is 2.68. The second kappa shape index (κ2) is 9.26. The molecular weight excluding hydrogens is 342 g/mol. The number of piperidine rings is 1. The van der Waals surface area contributed by atoms with Gasteiger partial charge in [-0.05, 0) is 48.6 Å². The molecule has 1 aliphatic heterocycles. The molecule has 1 aromatic carbocycles. The summed E-state index contributed by atoms with van der Waals surface area (Å²) in [6.07, 6.45) is 4.30. The molecule has 2 heterocycles. The lowest BCUT2D eigenvalue weighted by atomic mass is 9.96. The number of hydrogen-bond donors (Lipinski definition) is 1. The zero-order valence-electron chi connectivity index (χ0n) is 16.0. The number of aromatic nitrogens is 1. The van der Waals surface area contributed by atoms with Gasteiger partial charge in [-0.15, -0.1) is 0 Å². The summed E-state index contributed by atoms with van der Waals surface area (Å²) in [5.41, 5.74) is 0.912. The molecule has 0 aliphatic carbocycles. The number of anilines is 1. The molecule has 1 fully saturated rings. The van der Waals surface area contributed by atoms with Crippen LogP contribution in [0.3, 0.4) is 0 Å². The van der Waals surface area contributed by atoms with Crippen molar-refractivity contribution in [2.45, 2.75) is 19.3 Å². The van der Waals surface area contributed by atoms with E-state index >= 15 is 0 Å². The summed E-state index contributed by atoms with van der Waals surface area (Å²) < 4.78 is 10.5. The van der Waals surface area contributed by atoms with E-state index in [-0.39, 0.29) is 5.91 Å². The third-order valence-electron chi connectivity index (χ3n) is 4.99. The molecule has 1 amide bonds. The van der Waals surface area contributed by atoms with Gasteiger partial charge in [0, 0.05) is 25.8 Å². The van der Waals surface area contributed by atoms with Gasteiger partial charge in [0.05, 0.1) is 20.6 Å². The fourth-order valence-electron chi connectivity index (χ4n) is 3.40. The summed E-state index contributed by atoms with van der Waals surface area (Å²) in [7, 11) is 3.20. The lowest BCUT2D eigenvalue weighted by molar-refractivity contribution is -0.120. The van der Waals surface area contributed by atoms with E-state index in [9.17, 15) is 4.79 Å². The van der Waals surface area contributed by atoms with Crippen LogP contribution in [-0.2, 0) is 11.2 Å². The van der Waals surface area contributed by atoms with Crippen molar-refractivity contribution in [2.24, 2.45) is 5.92 Å². The van der Waals surface area contributed by atoms with E-state index in [1.807, 2.05) is 42.6 Å². The Kier molecular flexibility index (Phi) is 6.52. The van der Waals surface area contributed by atoms with Gasteiger partial charge in [0.2, 0.25) is 5.91 Å². The number of nitrogens with zero attached hydrogens (tertiary/aromatic N) is 2. The van der Waals surface area contributed by atoms with Gasteiger partial charge in [-0.1, -0.05) is 12.1 Å². The molecule has 1 aliphatic rings. The second-order valence-corrected chi connectivity index (χ2v) is 6.79. The number of carbonyl (C=O) groups is 1. The predicted octanol–water partition coefficient (Wildman–Crippen LogP) is 2.67. The lowest BCUT2D eigenvalue weighted by Gasteiger charge is -2.32. The van der Waals surface area contributed by atoms with Gasteiger partial charge >= 0.3 is 0 Å². The third-order valence-corrected chi connectivity index (χ3v) is 4.99. The molecule has 0 bridgehead atoms. The SMILES string of the molecule is COc1ccc(CC(=O)NCC2CCN(c3ccccn3)CC2)cc1OC. The minimum Gasteiger partial charge on any atom is -0.493 e. The van der Waals surface area contributed by atoms with Crippen molar-refractivity contribution in [1.29, 1.82) is 0 Å². The summed E-state index contributed by atoms with van der Waals surface area (Å²) in [5.74, 6) is 2.90. The molecule has 1 aromatic heterocycles. The molecule has 0 unspecified atom stereocenters. The Balaban J connectivity index is 1.44. The number of nitrogens with one attached hydrogen (secondary N) is 1. The maximum atomic E-state index is 12.3. The Bertz CT molecular complexity index is 744. The summed E-state index contributed by atoms with van der Waals surface area (Å²) >= 11 is 0. The Morgan fingerprint density at radius 3 is 2.59 bits per heavy atom. The highest BCUT2D eigenvalue weighted by Gasteiger charge is 2.20. The van der Waals surface area contributed by atoms with Crippen LogP contribution in [0.15, 0.2) is 42.6 Å². The van der Waals surface area contributed by atoms with Crippen molar-refractivity contribution in [1.82, 2.24) is 10.3 Å². The van der Waals surface area contributed by atoms with Crippen molar-refractivity contribution in [3.05, 3.63) is 48.2 Å². The minimum absolute atomic E-state index is 0.0365. The lowest BCUT2D eigenvalue weighted by Crippen LogP contribution is -2.39. The number of methoxy groups -OCH3 is 2. The predicted molar refractivity (Wildman–Crippen MR) is 105 cm³/mol. The van der Waals surface area contributed by atoms with Crippen molar-refractivity contribution < 1.29 is 14.3 Å². The van der Waals surface area contributed by atoms with E-state index in [0.717, 1.165) is 43.9 Å². The molecule has 6 nitrogen and oxygen atoms in total. The highest BCUT2D eigenvalue weighted by atomic mass is 16.5. The number of amides is 1. The normalized spacial score (nSPS) is 14.7. The van der Waals surface area contributed by atoms with Crippen LogP contribution in [0.25, 0.3) is 0 Å². The molecule has 1 N–H and O–H groups in total. The monoisotopic (exact) mass is 369 g/mol. The van der Waals surface area contributed by atoms with Crippen LogP contribution in [0.2, 0.25) is 0 Å². The second-order valence-electron chi connectivity index (χ2n) is 6.79. The summed E-state index contributed by atoms with van der Waals surface area (Å²) in [6, 6.07) is 11.6. The Labute approximate surface area is 160 Å². The highest BCUT2D eigenvalue weighted by Crippen LogP contribution is 2.27. The van der Waals surface area contributed by atoms with Crippen LogP contribution in [0.1, 0.15) is 18.4 Å². The fourth-order valence-corrected chi connectivity index (χ4v) is 3.40. The zero-order chi connectivity index (χ0) is 19.1. The first-order valence-electron chi connectivity index (χ1n) is 9.33. The molecule has 3 rings (SSSR count). The molecule has 0 saturated carbocycles. The van der Waals surface area contributed by atoms with E-state index < -0.39 is 0 Å². The number of hydrogen-bond acceptors (Lipinski definition) is 5. The number of benzene rings is 1. The maximum absolute atomic E-state index is 12.3. The van der Waals surface area contributed by atoms with Crippen molar-refractivity contribution >= 4 is 11.7 Å². The van der Waals surface area contributed by atoms with E-state index in [1.165, 1.54) is 0 Å². The molecule has 2 aromatic rings. The first-order chi connectivity index (χ1) is 13.2. The quantitative estimate of drug-likeness (QED) is 0.813. The van der Waals surface area contributed by atoms with Crippen molar-refractivity contribution in [3.8, 4) is 11.5 Å². The molecule has 0 spiro atoms. The number of carbonyl (C=O) groups excluding carboxylic acids is 1. The van der Waals surface area contributed by atoms with E-state index in [4.69, 9.17) is 9.47 Å². The van der Waals surface area contributed by atoms with E-state index in [0.29, 0.717) is 23.8 Å². The van der Waals surface area contributed by atoms with Gasteiger partial charge < -0.3 is 19.7 Å². The highest BCUT2D eigenvalue weighted by molar-refractivity contribution is 5.78. The van der Waals surface area contributed by atoms with Gasteiger partial charge in [-0.3, -0.25) is 4.79 Å². The molecule has 0 radical (unpaired) electrons. The first-order valence-corrected chi connectivity index (χ1v) is 9.33. The van der Waals surface area contributed by atoms with Crippen LogP contribution in [0, 0.1) is 5.92 Å². The van der Waals surface area contributed by atoms with Gasteiger partial charge in [0.1, 0.15) is 5.82 Å². The molecule has 6 heteroatoms. The molecule has 144 valence electrons. The van der Waals surface area contributed by atoms with Gasteiger partial charge in [0.25, 0.3) is 0 Å². The first kappa shape index (κ1) is 19.0. The summed E-state index contributed by atoms with van der Waals surface area (Å²) in [4.78, 5) is 19.0. The van der Waals surface area contributed by atoms with Gasteiger partial charge in [-0.25, -0.2) is 4.98 Å². The third kappa shape index (κ3) is 5.12. The van der Waals surface area contributed by atoms with E-state index in [1.54, 1.807) is 14.2 Å². The van der Waals surface area contributed by atoms with Crippen molar-refractivity contribution in [2.75, 3.05) is 38.8 Å². The van der Waals surface area contributed by atoms with Gasteiger partial charge in [0.15, 0.2) is 11.5 Å². The van der Waals surface area contributed by atoms with Crippen LogP contribution < -0.4 is 19.7 Å². The van der Waals surface area contributed by atoms with Gasteiger partial charge in [-0.2, -0.15) is 0 Å². The van der Waals surface area contributed by atoms with E-state index in [2.05, 4.69) is 15.2 Å². The molecule has 1 saturated heterocycles. The fraction of sp³-hybridized carbons (Fsp3) is 0.429. The van der Waals surface area contributed by atoms with Crippen LogP contribution in [0.4, 0.5) is 5.82 Å². The molecule has 27 heavy (non-hydrogen) atoms.